The average Bonchev–Trinajstić information content (AvgIpc) is 2.65. The maximum Gasteiger partial charge on any atom is 0.252 e. The summed E-state index contributed by atoms with van der Waals surface area (Å²) in [6.45, 7) is 7.00. The highest BCUT2D eigenvalue weighted by molar-refractivity contribution is 6.07. The van der Waals surface area contributed by atoms with Gasteiger partial charge in [-0.15, -0.1) is 0 Å². The summed E-state index contributed by atoms with van der Waals surface area (Å²) >= 11 is 0. The lowest BCUT2D eigenvalue weighted by molar-refractivity contribution is -0.121. The van der Waals surface area contributed by atoms with Crippen molar-refractivity contribution in [1.82, 2.24) is 0 Å². The fourth-order valence-electron chi connectivity index (χ4n) is 2.77. The Morgan fingerprint density at radius 2 is 2.11 bits per heavy atom. The van der Waals surface area contributed by atoms with Crippen LogP contribution in [0.3, 0.4) is 0 Å². The van der Waals surface area contributed by atoms with Gasteiger partial charge in [-0.25, -0.2) is 0 Å². The fourth-order valence-corrected chi connectivity index (χ4v) is 2.77. The van der Waals surface area contributed by atoms with Crippen molar-refractivity contribution >= 4 is 17.8 Å². The summed E-state index contributed by atoms with van der Waals surface area (Å²) in [6, 6.07) is 5.91. The lowest BCUT2D eigenvalue weighted by Gasteiger charge is -2.29. The number of para-hydroxylation sites is 1. The van der Waals surface area contributed by atoms with Gasteiger partial charge in [-0.2, -0.15) is 0 Å². The van der Waals surface area contributed by atoms with E-state index in [2.05, 4.69) is 31.8 Å². The molecule has 0 fully saturated rings. The predicted octanol–water partition coefficient (Wildman–Crippen LogP) is 2.42. The van der Waals surface area contributed by atoms with Crippen molar-refractivity contribution in [2.24, 2.45) is 10.4 Å². The van der Waals surface area contributed by atoms with Crippen LogP contribution in [0, 0.1) is 5.41 Å². The zero-order valence-corrected chi connectivity index (χ0v) is 11.1. The Morgan fingerprint density at radius 3 is 2.83 bits per heavy atom. The van der Waals surface area contributed by atoms with Crippen LogP contribution in [-0.2, 0) is 11.2 Å². The molecule has 18 heavy (non-hydrogen) atoms. The Morgan fingerprint density at radius 1 is 1.33 bits per heavy atom. The molecule has 1 atom stereocenters. The Balaban J connectivity index is 2.14. The summed E-state index contributed by atoms with van der Waals surface area (Å²) in [5, 5.41) is 0. The molecule has 2 heterocycles. The van der Waals surface area contributed by atoms with E-state index in [1.54, 1.807) is 0 Å². The highest BCUT2D eigenvalue weighted by Crippen LogP contribution is 2.36. The van der Waals surface area contributed by atoms with Crippen LogP contribution in [0.5, 0.6) is 0 Å². The minimum Gasteiger partial charge on any atom is -0.309 e. The van der Waals surface area contributed by atoms with E-state index >= 15 is 0 Å². The number of carbonyl (C=O) groups excluding carboxylic acids is 1. The molecule has 0 radical (unpaired) electrons. The number of rotatable bonds is 0. The van der Waals surface area contributed by atoms with E-state index in [-0.39, 0.29) is 17.4 Å². The fraction of sp³-hybridized carbons (Fsp3) is 0.467. The van der Waals surface area contributed by atoms with Crippen LogP contribution in [0.25, 0.3) is 0 Å². The molecule has 3 nitrogen and oxygen atoms in total. The first-order chi connectivity index (χ1) is 8.48. The van der Waals surface area contributed by atoms with E-state index in [4.69, 9.17) is 0 Å². The Labute approximate surface area is 108 Å². The Bertz CT molecular complexity index is 540. The SMILES string of the molecule is CC(C)(C)C1N=Cc2cccc3c2N(CC3)C1=O. The van der Waals surface area contributed by atoms with E-state index in [1.807, 2.05) is 23.2 Å². The number of hydrogen-bond acceptors (Lipinski definition) is 2. The number of nitrogens with zero attached hydrogens (tertiary/aromatic N) is 2. The summed E-state index contributed by atoms with van der Waals surface area (Å²) in [6.07, 6.45) is 2.83. The van der Waals surface area contributed by atoms with Gasteiger partial charge in [0.25, 0.3) is 5.91 Å². The third kappa shape index (κ3) is 1.57. The molecule has 0 saturated heterocycles. The molecule has 0 bridgehead atoms. The van der Waals surface area contributed by atoms with E-state index in [0.29, 0.717) is 0 Å². The molecular formula is C15H18N2O. The third-order valence-electron chi connectivity index (χ3n) is 3.71. The largest absolute Gasteiger partial charge is 0.309 e. The zero-order valence-electron chi connectivity index (χ0n) is 11.1. The summed E-state index contributed by atoms with van der Waals surface area (Å²) in [5.41, 5.74) is 3.28. The summed E-state index contributed by atoms with van der Waals surface area (Å²) in [5.74, 6) is 0.141. The predicted molar refractivity (Wildman–Crippen MR) is 73.3 cm³/mol. The zero-order chi connectivity index (χ0) is 12.9. The van der Waals surface area contributed by atoms with Gasteiger partial charge in [0.05, 0.1) is 5.69 Å². The topological polar surface area (TPSA) is 32.7 Å². The van der Waals surface area contributed by atoms with Gasteiger partial charge in [-0.3, -0.25) is 9.79 Å². The van der Waals surface area contributed by atoms with E-state index in [1.165, 1.54) is 5.56 Å². The molecule has 3 rings (SSSR count). The van der Waals surface area contributed by atoms with Crippen LogP contribution in [0.2, 0.25) is 0 Å². The molecule has 0 aliphatic carbocycles. The highest BCUT2D eigenvalue weighted by Gasteiger charge is 2.38. The Kier molecular flexibility index (Phi) is 2.34. The van der Waals surface area contributed by atoms with Gasteiger partial charge in [-0.1, -0.05) is 39.0 Å². The molecule has 0 N–H and O–H groups in total. The standard InChI is InChI=1S/C15H18N2O/c1-15(2,3)13-14(18)17-8-7-10-5-4-6-11(9-16-13)12(10)17/h4-6,9,13H,7-8H2,1-3H3. The Hall–Kier alpha value is -1.64. The smallest absolute Gasteiger partial charge is 0.252 e. The highest BCUT2D eigenvalue weighted by atomic mass is 16.2. The summed E-state index contributed by atoms with van der Waals surface area (Å²) in [4.78, 5) is 19.1. The second-order valence-electron chi connectivity index (χ2n) is 6.14. The second-order valence-corrected chi connectivity index (χ2v) is 6.14. The van der Waals surface area contributed by atoms with Crippen LogP contribution in [0.4, 0.5) is 5.69 Å². The molecule has 1 aromatic carbocycles. The lowest BCUT2D eigenvalue weighted by atomic mass is 9.86. The van der Waals surface area contributed by atoms with Crippen molar-refractivity contribution in [3.63, 3.8) is 0 Å². The number of aliphatic imine (C=N–C) groups is 1. The van der Waals surface area contributed by atoms with Crippen molar-refractivity contribution in [3.8, 4) is 0 Å². The van der Waals surface area contributed by atoms with Crippen molar-refractivity contribution in [1.29, 1.82) is 0 Å². The van der Waals surface area contributed by atoms with Gasteiger partial charge in [0.2, 0.25) is 0 Å². The van der Waals surface area contributed by atoms with Gasteiger partial charge < -0.3 is 4.90 Å². The van der Waals surface area contributed by atoms with Gasteiger partial charge in [0.1, 0.15) is 6.04 Å². The molecule has 1 amide bonds. The lowest BCUT2D eigenvalue weighted by Crippen LogP contribution is -2.43. The monoisotopic (exact) mass is 242 g/mol. The minimum atomic E-state index is -0.282. The quantitative estimate of drug-likeness (QED) is 0.687. The number of carbonyl (C=O) groups is 1. The number of anilines is 1. The van der Waals surface area contributed by atoms with Gasteiger partial charge in [0.15, 0.2) is 0 Å². The van der Waals surface area contributed by atoms with E-state index in [0.717, 1.165) is 24.2 Å². The molecular weight excluding hydrogens is 224 g/mol. The molecule has 0 spiro atoms. The first-order valence-electron chi connectivity index (χ1n) is 6.45. The molecule has 0 aromatic heterocycles. The molecule has 0 saturated carbocycles. The van der Waals surface area contributed by atoms with Crippen molar-refractivity contribution in [2.45, 2.75) is 33.2 Å². The third-order valence-corrected chi connectivity index (χ3v) is 3.71. The number of benzene rings is 1. The summed E-state index contributed by atoms with van der Waals surface area (Å²) < 4.78 is 0. The maximum absolute atomic E-state index is 12.6. The molecule has 1 unspecified atom stereocenters. The van der Waals surface area contributed by atoms with Gasteiger partial charge >= 0.3 is 0 Å². The van der Waals surface area contributed by atoms with Crippen LogP contribution < -0.4 is 4.90 Å². The van der Waals surface area contributed by atoms with Crippen molar-refractivity contribution in [2.75, 3.05) is 11.4 Å². The average molecular weight is 242 g/mol. The molecule has 94 valence electrons. The van der Waals surface area contributed by atoms with Crippen LogP contribution in [0.1, 0.15) is 31.9 Å². The van der Waals surface area contributed by atoms with Crippen LogP contribution in [0.15, 0.2) is 23.2 Å². The number of amides is 1. The second kappa shape index (κ2) is 3.67. The molecule has 1 aromatic rings. The van der Waals surface area contributed by atoms with Crippen LogP contribution in [-0.4, -0.2) is 24.7 Å². The van der Waals surface area contributed by atoms with Crippen molar-refractivity contribution in [3.05, 3.63) is 29.3 Å². The maximum atomic E-state index is 12.6. The van der Waals surface area contributed by atoms with E-state index in [9.17, 15) is 4.79 Å². The number of hydrogen-bond donors (Lipinski definition) is 0. The minimum absolute atomic E-state index is 0.140. The van der Waals surface area contributed by atoms with Gasteiger partial charge in [0, 0.05) is 18.3 Å². The molecule has 2 aliphatic rings. The van der Waals surface area contributed by atoms with E-state index < -0.39 is 0 Å². The normalized spacial score (nSPS) is 22.1. The van der Waals surface area contributed by atoms with Crippen molar-refractivity contribution < 1.29 is 4.79 Å². The first-order valence-corrected chi connectivity index (χ1v) is 6.45. The molecule has 2 aliphatic heterocycles. The molecule has 3 heteroatoms. The summed E-state index contributed by atoms with van der Waals surface area (Å²) in [7, 11) is 0. The van der Waals surface area contributed by atoms with Gasteiger partial charge in [-0.05, 0) is 17.4 Å². The first kappa shape index (κ1) is 11.5. The van der Waals surface area contributed by atoms with Crippen LogP contribution >= 0.6 is 0 Å².